The summed E-state index contributed by atoms with van der Waals surface area (Å²) in [7, 11) is 2.85. The van der Waals surface area contributed by atoms with Gasteiger partial charge in [0.15, 0.2) is 5.82 Å². The Hall–Kier alpha value is -0.690. The Morgan fingerprint density at radius 2 is 1.65 bits per heavy atom. The van der Waals surface area contributed by atoms with E-state index in [9.17, 15) is 0 Å². The van der Waals surface area contributed by atoms with E-state index in [0.29, 0.717) is 11.3 Å². The van der Waals surface area contributed by atoms with E-state index < -0.39 is 7.59 Å². The molecule has 0 saturated carbocycles. The lowest BCUT2D eigenvalue weighted by Gasteiger charge is -2.26. The number of hydrogen-bond acceptors (Lipinski definition) is 5. The van der Waals surface area contributed by atoms with Gasteiger partial charge < -0.3 is 9.47 Å². The van der Waals surface area contributed by atoms with Gasteiger partial charge in [0, 0.05) is 22.3 Å². The fourth-order valence-corrected chi connectivity index (χ4v) is 3.33. The van der Waals surface area contributed by atoms with Crippen molar-refractivity contribution in [3.05, 3.63) is 35.7 Å². The van der Waals surface area contributed by atoms with Gasteiger partial charge in [-0.15, -0.1) is 0 Å². The molecular formula is C15H11Cl6N3O2. The van der Waals surface area contributed by atoms with Crippen molar-refractivity contribution >= 4 is 75.7 Å². The van der Waals surface area contributed by atoms with Gasteiger partial charge in [-0.1, -0.05) is 82.3 Å². The molecular weight excluding hydrogens is 467 g/mol. The number of ether oxygens (including phenoxy) is 2. The van der Waals surface area contributed by atoms with Crippen LogP contribution in [0.1, 0.15) is 16.7 Å². The predicted molar refractivity (Wildman–Crippen MR) is 107 cm³/mol. The quantitative estimate of drug-likeness (QED) is 0.517. The van der Waals surface area contributed by atoms with Crippen molar-refractivity contribution in [2.24, 2.45) is 0 Å². The molecule has 1 aromatic heterocycles. The fraction of sp³-hybridized carbons (Fsp3) is 0.267. The van der Waals surface area contributed by atoms with Crippen LogP contribution in [0.3, 0.4) is 0 Å². The van der Waals surface area contributed by atoms with Crippen LogP contribution < -0.4 is 9.47 Å². The molecule has 0 atom stereocenters. The van der Waals surface area contributed by atoms with E-state index in [1.165, 1.54) is 32.7 Å². The Morgan fingerprint density at radius 1 is 1.00 bits per heavy atom. The minimum atomic E-state index is -1.97. The molecule has 5 nitrogen and oxygen atoms in total. The lowest BCUT2D eigenvalue weighted by atomic mass is 9.95. The third kappa shape index (κ3) is 4.41. The predicted octanol–water partition coefficient (Wildman–Crippen LogP) is 5.85. The molecule has 2 aromatic rings. The highest BCUT2D eigenvalue weighted by Crippen LogP contribution is 2.53. The fourth-order valence-electron chi connectivity index (χ4n) is 2.30. The summed E-state index contributed by atoms with van der Waals surface area (Å²) in [6.07, 6.45) is 2.73. The van der Waals surface area contributed by atoms with Crippen LogP contribution in [0, 0.1) is 0 Å². The third-order valence-electron chi connectivity index (χ3n) is 3.30. The minimum Gasteiger partial charge on any atom is -0.496 e. The Balaban J connectivity index is 3.05. The molecule has 11 heteroatoms. The molecule has 140 valence electrons. The van der Waals surface area contributed by atoms with Crippen LogP contribution in [0.15, 0.2) is 19.0 Å². The summed E-state index contributed by atoms with van der Waals surface area (Å²) in [5.74, 6) is 0.455. The molecule has 0 aliphatic heterocycles. The first kappa shape index (κ1) is 21.6. The van der Waals surface area contributed by atoms with Crippen molar-refractivity contribution in [3.8, 4) is 23.1 Å². The second-order valence-corrected chi connectivity index (χ2v) is 9.35. The summed E-state index contributed by atoms with van der Waals surface area (Å²) in [4.78, 5) is 12.2. The van der Waals surface area contributed by atoms with Crippen molar-refractivity contribution in [1.82, 2.24) is 15.0 Å². The van der Waals surface area contributed by atoms with Gasteiger partial charge in [-0.25, -0.2) is 4.98 Å². The summed E-state index contributed by atoms with van der Waals surface area (Å²) < 4.78 is 6.52. The molecule has 0 aliphatic rings. The summed E-state index contributed by atoms with van der Waals surface area (Å²) in [6, 6.07) is 1.52. The van der Waals surface area contributed by atoms with Gasteiger partial charge >= 0.3 is 6.01 Å². The SMILES string of the molecule is C=Cc1c(OC)cc(C(Cl)(Cl)Cl)c(C(Cl)(Cl)Cl)c1-c1ncnc(OC)n1. The molecule has 26 heavy (non-hydrogen) atoms. The van der Waals surface area contributed by atoms with E-state index in [4.69, 9.17) is 79.1 Å². The average Bonchev–Trinajstić information content (AvgIpc) is 2.58. The standard InChI is InChI=1S/C15H11Cl6N3O2/c1-4-7-9(25-2)5-8(14(16,17)18)11(15(19,20)21)10(7)12-22-6-23-13(24-12)26-3/h4-6H,1H2,2-3H3. The van der Waals surface area contributed by atoms with Crippen LogP contribution in [0.25, 0.3) is 17.5 Å². The third-order valence-corrected chi connectivity index (χ3v) is 4.48. The number of rotatable bonds is 4. The highest BCUT2D eigenvalue weighted by Gasteiger charge is 2.40. The second kappa shape index (κ2) is 8.13. The lowest BCUT2D eigenvalue weighted by molar-refractivity contribution is 0.378. The van der Waals surface area contributed by atoms with Gasteiger partial charge in [-0.2, -0.15) is 9.97 Å². The molecule has 0 unspecified atom stereocenters. The Morgan fingerprint density at radius 3 is 2.12 bits per heavy atom. The Labute approximate surface area is 180 Å². The smallest absolute Gasteiger partial charge is 0.319 e. The zero-order chi connectivity index (χ0) is 19.7. The molecule has 0 amide bonds. The largest absolute Gasteiger partial charge is 0.496 e. The van der Waals surface area contributed by atoms with Crippen LogP contribution in [-0.4, -0.2) is 29.2 Å². The molecule has 2 rings (SSSR count). The maximum Gasteiger partial charge on any atom is 0.319 e. The number of aromatic nitrogens is 3. The average molecular weight is 478 g/mol. The van der Waals surface area contributed by atoms with Crippen molar-refractivity contribution < 1.29 is 9.47 Å². The van der Waals surface area contributed by atoms with Gasteiger partial charge in [-0.05, 0) is 6.07 Å². The van der Waals surface area contributed by atoms with E-state index in [0.717, 1.165) is 0 Å². The van der Waals surface area contributed by atoms with Crippen LogP contribution >= 0.6 is 69.6 Å². The van der Waals surface area contributed by atoms with E-state index in [2.05, 4.69) is 21.5 Å². The van der Waals surface area contributed by atoms with Crippen molar-refractivity contribution in [3.63, 3.8) is 0 Å². The molecule has 1 heterocycles. The van der Waals surface area contributed by atoms with E-state index in [-0.39, 0.29) is 28.5 Å². The van der Waals surface area contributed by atoms with Gasteiger partial charge in [0.25, 0.3) is 0 Å². The van der Waals surface area contributed by atoms with Crippen LogP contribution in [0.2, 0.25) is 0 Å². The zero-order valence-electron chi connectivity index (χ0n) is 13.4. The number of halogens is 6. The van der Waals surface area contributed by atoms with Crippen LogP contribution in [-0.2, 0) is 7.59 Å². The minimum absolute atomic E-state index is 0.0542. The Bertz CT molecular complexity index is 833. The molecule has 0 bridgehead atoms. The van der Waals surface area contributed by atoms with E-state index >= 15 is 0 Å². The normalized spacial score (nSPS) is 12.0. The molecule has 0 spiro atoms. The number of alkyl halides is 6. The van der Waals surface area contributed by atoms with Crippen molar-refractivity contribution in [2.45, 2.75) is 7.59 Å². The van der Waals surface area contributed by atoms with E-state index in [1.54, 1.807) is 0 Å². The molecule has 0 fully saturated rings. The van der Waals surface area contributed by atoms with Crippen molar-refractivity contribution in [2.75, 3.05) is 14.2 Å². The van der Waals surface area contributed by atoms with E-state index in [1.807, 2.05) is 0 Å². The first-order valence-corrected chi connectivity index (χ1v) is 9.06. The molecule has 1 aromatic carbocycles. The second-order valence-electron chi connectivity index (χ2n) is 4.79. The molecule has 0 aliphatic carbocycles. The van der Waals surface area contributed by atoms with Crippen LogP contribution in [0.5, 0.6) is 11.8 Å². The molecule has 0 radical (unpaired) electrons. The van der Waals surface area contributed by atoms with Gasteiger partial charge in [0.2, 0.25) is 7.59 Å². The first-order chi connectivity index (χ1) is 12.0. The number of hydrogen-bond donors (Lipinski definition) is 0. The highest BCUT2D eigenvalue weighted by atomic mass is 35.6. The van der Waals surface area contributed by atoms with Gasteiger partial charge in [-0.3, -0.25) is 0 Å². The number of methoxy groups -OCH3 is 2. The van der Waals surface area contributed by atoms with Crippen molar-refractivity contribution in [1.29, 1.82) is 0 Å². The van der Waals surface area contributed by atoms with Gasteiger partial charge in [0.05, 0.1) is 14.2 Å². The lowest BCUT2D eigenvalue weighted by Crippen LogP contribution is -2.16. The highest BCUT2D eigenvalue weighted by molar-refractivity contribution is 6.69. The first-order valence-electron chi connectivity index (χ1n) is 6.79. The summed E-state index contributed by atoms with van der Waals surface area (Å²) >= 11 is 36.9. The molecule has 0 saturated heterocycles. The van der Waals surface area contributed by atoms with Crippen LogP contribution in [0.4, 0.5) is 0 Å². The monoisotopic (exact) mass is 475 g/mol. The van der Waals surface area contributed by atoms with Gasteiger partial charge in [0.1, 0.15) is 12.1 Å². The number of benzene rings is 1. The summed E-state index contributed by atoms with van der Waals surface area (Å²) in [5, 5.41) is 0. The maximum absolute atomic E-state index is 6.20. The summed E-state index contributed by atoms with van der Waals surface area (Å²) in [5.41, 5.74) is 0.882. The zero-order valence-corrected chi connectivity index (χ0v) is 17.9. The Kier molecular flexibility index (Phi) is 6.76. The number of nitrogens with zero attached hydrogens (tertiary/aromatic N) is 3. The summed E-state index contributed by atoms with van der Waals surface area (Å²) in [6.45, 7) is 3.77. The molecule has 0 N–H and O–H groups in total. The topological polar surface area (TPSA) is 57.1 Å². The maximum atomic E-state index is 6.20.